The molecule has 0 aromatic heterocycles. The van der Waals surface area contributed by atoms with Crippen LogP contribution in [0.1, 0.15) is 18.1 Å². The fraction of sp³-hybridized carbons (Fsp3) is 0.182. The molecular weight excluding hydrogens is 588 g/mol. The molecule has 0 aliphatic rings. The maximum Gasteiger partial charge on any atom is 0.174 e. The molecule has 0 saturated carbocycles. The van der Waals surface area contributed by atoms with Crippen molar-refractivity contribution in [2.75, 3.05) is 11.9 Å². The first-order chi connectivity index (χ1) is 14.0. The molecular formula is C22H19BrCl2INO2. The second-order valence-corrected chi connectivity index (χ2v) is 9.14. The molecule has 0 atom stereocenters. The van der Waals surface area contributed by atoms with E-state index in [1.54, 1.807) is 12.1 Å². The molecule has 0 radical (unpaired) electrons. The summed E-state index contributed by atoms with van der Waals surface area (Å²) < 4.78 is 14.0. The molecule has 0 bridgehead atoms. The minimum absolute atomic E-state index is 0.336. The van der Waals surface area contributed by atoms with Crippen LogP contribution in [0.5, 0.6) is 11.5 Å². The summed E-state index contributed by atoms with van der Waals surface area (Å²) >= 11 is 18.0. The van der Waals surface area contributed by atoms with Crippen molar-refractivity contribution in [2.24, 2.45) is 0 Å². The predicted octanol–water partition coefficient (Wildman–Crippen LogP) is 7.95. The Morgan fingerprint density at radius 2 is 1.76 bits per heavy atom. The van der Waals surface area contributed by atoms with Crippen LogP contribution < -0.4 is 14.8 Å². The van der Waals surface area contributed by atoms with Crippen LogP contribution in [-0.4, -0.2) is 6.61 Å². The number of rotatable bonds is 8. The second-order valence-electron chi connectivity index (χ2n) is 6.22. The predicted molar refractivity (Wildman–Crippen MR) is 133 cm³/mol. The lowest BCUT2D eigenvalue weighted by Gasteiger charge is -2.16. The molecule has 0 aliphatic carbocycles. The molecule has 3 aromatic rings. The Kier molecular flexibility index (Phi) is 8.35. The Balaban J connectivity index is 1.75. The first kappa shape index (κ1) is 22.5. The van der Waals surface area contributed by atoms with Crippen molar-refractivity contribution in [3.8, 4) is 11.5 Å². The highest BCUT2D eigenvalue weighted by atomic mass is 127. The molecule has 7 heteroatoms. The molecule has 3 rings (SSSR count). The summed E-state index contributed by atoms with van der Waals surface area (Å²) in [4.78, 5) is 0. The van der Waals surface area contributed by atoms with Crippen LogP contribution in [-0.2, 0) is 13.2 Å². The van der Waals surface area contributed by atoms with Gasteiger partial charge in [0, 0.05) is 32.3 Å². The van der Waals surface area contributed by atoms with E-state index in [2.05, 4.69) is 49.9 Å². The van der Waals surface area contributed by atoms with E-state index in [9.17, 15) is 0 Å². The smallest absolute Gasteiger partial charge is 0.174 e. The van der Waals surface area contributed by atoms with Crippen LogP contribution in [0.3, 0.4) is 0 Å². The van der Waals surface area contributed by atoms with Gasteiger partial charge in [0.15, 0.2) is 11.5 Å². The number of hydrogen-bond donors (Lipinski definition) is 1. The van der Waals surface area contributed by atoms with Gasteiger partial charge in [-0.05, 0) is 83.6 Å². The summed E-state index contributed by atoms with van der Waals surface area (Å²) in [5, 5.41) is 4.61. The SMILES string of the molecule is CCOc1cc(CNc2ccc(Br)cc2)cc(I)c1OCc1ccc(Cl)cc1Cl. The van der Waals surface area contributed by atoms with Crippen molar-refractivity contribution < 1.29 is 9.47 Å². The van der Waals surface area contributed by atoms with Gasteiger partial charge < -0.3 is 14.8 Å². The Bertz CT molecular complexity index is 983. The lowest BCUT2D eigenvalue weighted by Crippen LogP contribution is -2.05. The van der Waals surface area contributed by atoms with Crippen LogP contribution in [0.15, 0.2) is 59.1 Å². The summed E-state index contributed by atoms with van der Waals surface area (Å²) in [5.41, 5.74) is 3.03. The van der Waals surface area contributed by atoms with Crippen molar-refractivity contribution in [3.63, 3.8) is 0 Å². The normalized spacial score (nSPS) is 10.7. The van der Waals surface area contributed by atoms with Crippen molar-refractivity contribution in [2.45, 2.75) is 20.1 Å². The number of benzene rings is 3. The van der Waals surface area contributed by atoms with Gasteiger partial charge in [-0.25, -0.2) is 0 Å². The lowest BCUT2D eigenvalue weighted by molar-refractivity contribution is 0.267. The third-order valence-corrected chi connectivity index (χ3v) is 6.01. The van der Waals surface area contributed by atoms with Crippen LogP contribution in [0, 0.1) is 3.57 Å². The highest BCUT2D eigenvalue weighted by molar-refractivity contribution is 14.1. The molecule has 0 unspecified atom stereocenters. The molecule has 0 aliphatic heterocycles. The zero-order chi connectivity index (χ0) is 20.8. The molecule has 3 aromatic carbocycles. The van der Waals surface area contributed by atoms with Crippen LogP contribution in [0.25, 0.3) is 0 Å². The molecule has 0 fully saturated rings. The Morgan fingerprint density at radius 3 is 2.45 bits per heavy atom. The van der Waals surface area contributed by atoms with Crippen molar-refractivity contribution >= 4 is 67.4 Å². The van der Waals surface area contributed by atoms with E-state index in [0.717, 1.165) is 30.6 Å². The third kappa shape index (κ3) is 6.41. The van der Waals surface area contributed by atoms with Crippen LogP contribution in [0.2, 0.25) is 10.0 Å². The van der Waals surface area contributed by atoms with Gasteiger partial charge in [-0.15, -0.1) is 0 Å². The number of ether oxygens (including phenoxy) is 2. The largest absolute Gasteiger partial charge is 0.490 e. The molecule has 0 spiro atoms. The second kappa shape index (κ2) is 10.8. The molecule has 29 heavy (non-hydrogen) atoms. The van der Waals surface area contributed by atoms with Crippen LogP contribution in [0.4, 0.5) is 5.69 Å². The summed E-state index contributed by atoms with van der Waals surface area (Å²) in [5.74, 6) is 1.43. The zero-order valence-corrected chi connectivity index (χ0v) is 20.9. The highest BCUT2D eigenvalue weighted by Gasteiger charge is 2.13. The summed E-state index contributed by atoms with van der Waals surface area (Å²) in [7, 11) is 0. The molecule has 0 amide bonds. The maximum absolute atomic E-state index is 6.26. The van der Waals surface area contributed by atoms with Crippen molar-refractivity contribution in [3.05, 3.63) is 83.8 Å². The molecule has 0 heterocycles. The number of halogens is 4. The van der Waals surface area contributed by atoms with E-state index >= 15 is 0 Å². The maximum atomic E-state index is 6.26. The van der Waals surface area contributed by atoms with E-state index in [1.807, 2.05) is 43.3 Å². The fourth-order valence-electron chi connectivity index (χ4n) is 2.69. The van der Waals surface area contributed by atoms with E-state index in [4.69, 9.17) is 32.7 Å². The Labute approximate surface area is 203 Å². The summed E-state index contributed by atoms with van der Waals surface area (Å²) in [6.45, 7) is 3.53. The van der Waals surface area contributed by atoms with Crippen LogP contribution >= 0.6 is 61.7 Å². The van der Waals surface area contributed by atoms with Gasteiger partial charge >= 0.3 is 0 Å². The third-order valence-electron chi connectivity index (χ3n) is 4.10. The zero-order valence-electron chi connectivity index (χ0n) is 15.6. The molecule has 152 valence electrons. The minimum Gasteiger partial charge on any atom is -0.490 e. The number of nitrogens with one attached hydrogen (secondary N) is 1. The van der Waals surface area contributed by atoms with Crippen molar-refractivity contribution in [1.82, 2.24) is 0 Å². The van der Waals surface area contributed by atoms with Crippen molar-refractivity contribution in [1.29, 1.82) is 0 Å². The molecule has 0 saturated heterocycles. The van der Waals surface area contributed by atoms with E-state index in [0.29, 0.717) is 35.6 Å². The Hall–Kier alpha value is -1.15. The standard InChI is InChI=1S/C22H19BrCl2INO2/c1-2-28-21-10-14(12-27-18-7-4-16(23)5-8-18)9-20(26)22(21)29-13-15-3-6-17(24)11-19(15)25/h3-11,27H,2,12-13H2,1H3. The fourth-order valence-corrected chi connectivity index (χ4v) is 4.24. The number of hydrogen-bond acceptors (Lipinski definition) is 3. The topological polar surface area (TPSA) is 30.5 Å². The molecule has 1 N–H and O–H groups in total. The minimum atomic E-state index is 0.336. The van der Waals surface area contributed by atoms with Gasteiger partial charge in [0.05, 0.1) is 10.2 Å². The molecule has 3 nitrogen and oxygen atoms in total. The Morgan fingerprint density at radius 1 is 1.00 bits per heavy atom. The number of anilines is 1. The average molecular weight is 607 g/mol. The van der Waals surface area contributed by atoms with E-state index in [-0.39, 0.29) is 0 Å². The van der Waals surface area contributed by atoms with Gasteiger partial charge in [-0.2, -0.15) is 0 Å². The highest BCUT2D eigenvalue weighted by Crippen LogP contribution is 2.35. The van der Waals surface area contributed by atoms with Gasteiger partial charge in [0.2, 0.25) is 0 Å². The lowest BCUT2D eigenvalue weighted by atomic mass is 10.2. The van der Waals surface area contributed by atoms with Gasteiger partial charge in [-0.1, -0.05) is 45.2 Å². The van der Waals surface area contributed by atoms with E-state index < -0.39 is 0 Å². The quantitative estimate of drug-likeness (QED) is 0.264. The van der Waals surface area contributed by atoms with E-state index in [1.165, 1.54) is 0 Å². The summed E-state index contributed by atoms with van der Waals surface area (Å²) in [6.07, 6.45) is 0. The first-order valence-corrected chi connectivity index (χ1v) is 11.6. The van der Waals surface area contributed by atoms with Gasteiger partial charge in [0.1, 0.15) is 6.61 Å². The average Bonchev–Trinajstić information content (AvgIpc) is 2.68. The monoisotopic (exact) mass is 605 g/mol. The summed E-state index contributed by atoms with van der Waals surface area (Å²) in [6, 6.07) is 17.6. The first-order valence-electron chi connectivity index (χ1n) is 8.97. The van der Waals surface area contributed by atoms with Gasteiger partial charge in [-0.3, -0.25) is 0 Å². The van der Waals surface area contributed by atoms with Gasteiger partial charge in [0.25, 0.3) is 0 Å².